The molecule has 2 heterocycles. The smallest absolute Gasteiger partial charge is 0.256 e. The summed E-state index contributed by atoms with van der Waals surface area (Å²) in [7, 11) is 0. The Balaban J connectivity index is 1.76. The monoisotopic (exact) mass is 348 g/mol. The highest BCUT2D eigenvalue weighted by atomic mass is 16.1. The lowest BCUT2D eigenvalue weighted by Crippen LogP contribution is -2.24. The standard InChI is InChI=1S/C19H20N6O/c1-19(2,3)25-11-15(9-20)8-17(25)23-18(26)16-6-4-14(5-7-16)10-24-13-21-12-22-24/h4-8,11-13H,10H2,1-3H3,(H,23,26). The molecule has 0 radical (unpaired) electrons. The van der Waals surface area contributed by atoms with Crippen LogP contribution in [0.2, 0.25) is 0 Å². The molecule has 0 spiro atoms. The van der Waals surface area contributed by atoms with Crippen molar-refractivity contribution < 1.29 is 4.79 Å². The molecule has 3 aromatic rings. The molecule has 3 rings (SSSR count). The number of nitriles is 1. The molecular weight excluding hydrogens is 328 g/mol. The fourth-order valence-electron chi connectivity index (χ4n) is 2.63. The fraction of sp³-hybridized carbons (Fsp3) is 0.263. The summed E-state index contributed by atoms with van der Waals surface area (Å²) in [5.74, 6) is 0.385. The highest BCUT2D eigenvalue weighted by Crippen LogP contribution is 2.24. The molecule has 0 aliphatic carbocycles. The molecule has 0 saturated heterocycles. The zero-order valence-electron chi connectivity index (χ0n) is 15.0. The van der Waals surface area contributed by atoms with Gasteiger partial charge in [-0.25, -0.2) is 9.67 Å². The maximum Gasteiger partial charge on any atom is 0.256 e. The molecular formula is C19H20N6O. The summed E-state index contributed by atoms with van der Waals surface area (Å²) in [5, 5.41) is 16.1. The second-order valence-electron chi connectivity index (χ2n) is 7.01. The van der Waals surface area contributed by atoms with Crippen molar-refractivity contribution in [3.05, 3.63) is 65.9 Å². The van der Waals surface area contributed by atoms with Gasteiger partial charge in [-0.05, 0) is 44.5 Å². The van der Waals surface area contributed by atoms with E-state index in [-0.39, 0.29) is 11.4 Å². The summed E-state index contributed by atoms with van der Waals surface area (Å²) in [6.45, 7) is 6.65. The number of hydrogen-bond acceptors (Lipinski definition) is 4. The molecule has 132 valence electrons. The van der Waals surface area contributed by atoms with Gasteiger partial charge in [0.25, 0.3) is 5.91 Å². The Hall–Kier alpha value is -3.40. The van der Waals surface area contributed by atoms with Gasteiger partial charge in [0, 0.05) is 17.3 Å². The molecule has 0 bridgehead atoms. The van der Waals surface area contributed by atoms with Gasteiger partial charge in [0.1, 0.15) is 24.5 Å². The lowest BCUT2D eigenvalue weighted by atomic mass is 10.1. The normalized spacial score (nSPS) is 11.2. The minimum absolute atomic E-state index is 0.217. The predicted molar refractivity (Wildman–Crippen MR) is 97.7 cm³/mol. The quantitative estimate of drug-likeness (QED) is 0.785. The lowest BCUT2D eigenvalue weighted by Gasteiger charge is -2.24. The van der Waals surface area contributed by atoms with Gasteiger partial charge in [-0.3, -0.25) is 4.79 Å². The van der Waals surface area contributed by atoms with Crippen LogP contribution in [0, 0.1) is 11.3 Å². The van der Waals surface area contributed by atoms with E-state index in [1.165, 1.54) is 6.33 Å². The van der Waals surface area contributed by atoms with Crippen LogP contribution in [-0.4, -0.2) is 25.2 Å². The third-order valence-corrected chi connectivity index (χ3v) is 3.94. The summed E-state index contributed by atoms with van der Waals surface area (Å²) in [6, 6.07) is 11.1. The van der Waals surface area contributed by atoms with Crippen molar-refractivity contribution in [2.45, 2.75) is 32.9 Å². The minimum Gasteiger partial charge on any atom is -0.328 e. The topological polar surface area (TPSA) is 88.5 Å². The molecule has 1 N–H and O–H groups in total. The van der Waals surface area contributed by atoms with Crippen LogP contribution in [0.3, 0.4) is 0 Å². The molecule has 0 saturated carbocycles. The van der Waals surface area contributed by atoms with E-state index >= 15 is 0 Å². The Labute approximate surface area is 151 Å². The number of nitrogens with one attached hydrogen (secondary N) is 1. The van der Waals surface area contributed by atoms with Gasteiger partial charge in [0.2, 0.25) is 0 Å². The largest absolute Gasteiger partial charge is 0.328 e. The molecule has 1 amide bonds. The second kappa shape index (κ2) is 6.84. The molecule has 7 nitrogen and oxygen atoms in total. The summed E-state index contributed by atoms with van der Waals surface area (Å²) >= 11 is 0. The van der Waals surface area contributed by atoms with Crippen LogP contribution >= 0.6 is 0 Å². The third kappa shape index (κ3) is 3.81. The number of aromatic nitrogens is 4. The Morgan fingerprint density at radius 3 is 2.58 bits per heavy atom. The van der Waals surface area contributed by atoms with Gasteiger partial charge in [-0.1, -0.05) is 12.1 Å². The number of amides is 1. The van der Waals surface area contributed by atoms with E-state index < -0.39 is 0 Å². The maximum absolute atomic E-state index is 12.6. The highest BCUT2D eigenvalue weighted by Gasteiger charge is 2.19. The molecule has 0 fully saturated rings. The molecule has 0 aliphatic rings. The zero-order valence-corrected chi connectivity index (χ0v) is 15.0. The van der Waals surface area contributed by atoms with E-state index in [1.54, 1.807) is 35.4 Å². The lowest BCUT2D eigenvalue weighted by molar-refractivity contribution is 0.102. The van der Waals surface area contributed by atoms with Gasteiger partial charge in [-0.15, -0.1) is 0 Å². The SMILES string of the molecule is CC(C)(C)n1cc(C#N)cc1NC(=O)c1ccc(Cn2cncn2)cc1. The Bertz CT molecular complexity index is 940. The van der Waals surface area contributed by atoms with Crippen molar-refractivity contribution in [1.29, 1.82) is 5.26 Å². The first-order chi connectivity index (χ1) is 12.4. The summed E-state index contributed by atoms with van der Waals surface area (Å²) in [6.07, 6.45) is 4.88. The zero-order chi connectivity index (χ0) is 18.7. The van der Waals surface area contributed by atoms with E-state index in [4.69, 9.17) is 5.26 Å². The summed E-state index contributed by atoms with van der Waals surface area (Å²) in [5.41, 5.74) is 1.84. The van der Waals surface area contributed by atoms with Crippen molar-refractivity contribution in [3.63, 3.8) is 0 Å². The molecule has 7 heteroatoms. The first kappa shape index (κ1) is 17.4. The number of carbonyl (C=O) groups excluding carboxylic acids is 1. The molecule has 2 aromatic heterocycles. The number of rotatable bonds is 4. The van der Waals surface area contributed by atoms with Gasteiger partial charge in [0.05, 0.1) is 12.1 Å². The first-order valence-corrected chi connectivity index (χ1v) is 8.22. The number of nitrogens with zero attached hydrogens (tertiary/aromatic N) is 5. The van der Waals surface area contributed by atoms with Gasteiger partial charge >= 0.3 is 0 Å². The fourth-order valence-corrected chi connectivity index (χ4v) is 2.63. The summed E-state index contributed by atoms with van der Waals surface area (Å²) < 4.78 is 3.61. The Morgan fingerprint density at radius 2 is 2.00 bits per heavy atom. The van der Waals surface area contributed by atoms with Gasteiger partial charge < -0.3 is 9.88 Å². The molecule has 26 heavy (non-hydrogen) atoms. The number of anilines is 1. The van der Waals surface area contributed by atoms with Crippen molar-refractivity contribution in [1.82, 2.24) is 19.3 Å². The first-order valence-electron chi connectivity index (χ1n) is 8.22. The van der Waals surface area contributed by atoms with Crippen LogP contribution in [0.25, 0.3) is 0 Å². The van der Waals surface area contributed by atoms with Crippen LogP contribution in [-0.2, 0) is 12.1 Å². The van der Waals surface area contributed by atoms with Crippen molar-refractivity contribution in [3.8, 4) is 6.07 Å². The molecule has 0 atom stereocenters. The van der Waals surface area contributed by atoms with E-state index in [9.17, 15) is 4.79 Å². The number of benzene rings is 1. The van der Waals surface area contributed by atoms with E-state index in [2.05, 4.69) is 21.5 Å². The molecule has 1 aromatic carbocycles. The minimum atomic E-state index is -0.251. The maximum atomic E-state index is 12.6. The highest BCUT2D eigenvalue weighted by molar-refractivity contribution is 6.04. The third-order valence-electron chi connectivity index (χ3n) is 3.94. The Morgan fingerprint density at radius 1 is 1.27 bits per heavy atom. The van der Waals surface area contributed by atoms with Crippen LogP contribution in [0.1, 0.15) is 42.3 Å². The van der Waals surface area contributed by atoms with Crippen molar-refractivity contribution in [2.24, 2.45) is 0 Å². The summed E-state index contributed by atoms with van der Waals surface area (Å²) in [4.78, 5) is 16.5. The van der Waals surface area contributed by atoms with Gasteiger partial charge in [0.15, 0.2) is 0 Å². The van der Waals surface area contributed by atoms with E-state index in [0.29, 0.717) is 23.5 Å². The molecule has 0 aliphatic heterocycles. The van der Waals surface area contributed by atoms with E-state index in [1.807, 2.05) is 37.5 Å². The average Bonchev–Trinajstić information content (AvgIpc) is 3.24. The molecule has 0 unspecified atom stereocenters. The Kier molecular flexibility index (Phi) is 4.59. The van der Waals surface area contributed by atoms with Crippen LogP contribution in [0.4, 0.5) is 5.82 Å². The second-order valence-corrected chi connectivity index (χ2v) is 7.01. The van der Waals surface area contributed by atoms with Crippen molar-refractivity contribution >= 4 is 11.7 Å². The number of hydrogen-bond donors (Lipinski definition) is 1. The number of carbonyl (C=O) groups is 1. The van der Waals surface area contributed by atoms with Crippen LogP contribution in [0.5, 0.6) is 0 Å². The van der Waals surface area contributed by atoms with Gasteiger partial charge in [-0.2, -0.15) is 10.4 Å². The van der Waals surface area contributed by atoms with Crippen LogP contribution in [0.15, 0.2) is 49.2 Å². The van der Waals surface area contributed by atoms with Crippen LogP contribution < -0.4 is 5.32 Å². The van der Waals surface area contributed by atoms with E-state index in [0.717, 1.165) is 5.56 Å². The van der Waals surface area contributed by atoms with Crippen molar-refractivity contribution in [2.75, 3.05) is 5.32 Å². The average molecular weight is 348 g/mol. The predicted octanol–water partition coefficient (Wildman–Crippen LogP) is 3.01.